The molecule has 0 spiro atoms. The first-order valence-electron chi connectivity index (χ1n) is 11.5. The number of carbonyl (C=O) groups excluding carboxylic acids is 2. The average molecular weight is 467 g/mol. The van der Waals surface area contributed by atoms with Gasteiger partial charge in [-0.05, 0) is 35.9 Å². The number of carbonyl (C=O) groups is 2. The number of amides is 2. The Kier molecular flexibility index (Phi) is 6.32. The van der Waals surface area contributed by atoms with E-state index in [1.807, 2.05) is 17.0 Å². The van der Waals surface area contributed by atoms with Crippen LogP contribution in [0.2, 0.25) is 0 Å². The zero-order valence-electron chi connectivity index (χ0n) is 18.8. The van der Waals surface area contributed by atoms with Crippen molar-refractivity contribution in [2.24, 2.45) is 0 Å². The van der Waals surface area contributed by atoms with Gasteiger partial charge in [-0.15, -0.1) is 0 Å². The number of nitrogens with zero attached hydrogens (tertiary/aromatic N) is 3. The van der Waals surface area contributed by atoms with Gasteiger partial charge >= 0.3 is 0 Å². The number of ether oxygens (including phenoxy) is 1. The van der Waals surface area contributed by atoms with Gasteiger partial charge in [0.05, 0.1) is 18.8 Å². The van der Waals surface area contributed by atoms with Crippen molar-refractivity contribution >= 4 is 22.7 Å². The molecule has 0 unspecified atom stereocenters. The molecule has 0 aliphatic carbocycles. The van der Waals surface area contributed by atoms with E-state index in [9.17, 15) is 14.0 Å². The van der Waals surface area contributed by atoms with Crippen LogP contribution in [0.25, 0.3) is 10.9 Å². The largest absolute Gasteiger partial charge is 0.379 e. The third-order valence-electron chi connectivity index (χ3n) is 6.70. The van der Waals surface area contributed by atoms with E-state index in [1.54, 1.807) is 23.7 Å². The van der Waals surface area contributed by atoms with Crippen LogP contribution in [-0.4, -0.2) is 77.3 Å². The Morgan fingerprint density at radius 1 is 1.06 bits per heavy atom. The highest BCUT2D eigenvalue weighted by Crippen LogP contribution is 2.32. The topological polar surface area (TPSA) is 87.0 Å². The van der Waals surface area contributed by atoms with Gasteiger partial charge < -0.3 is 14.2 Å². The van der Waals surface area contributed by atoms with E-state index in [-0.39, 0.29) is 11.7 Å². The third kappa shape index (κ3) is 4.29. The second kappa shape index (κ2) is 9.54. The highest BCUT2D eigenvalue weighted by atomic mass is 19.1. The summed E-state index contributed by atoms with van der Waals surface area (Å²) < 4.78 is 21.7. The summed E-state index contributed by atoms with van der Waals surface area (Å²) in [4.78, 5) is 29.3. The van der Waals surface area contributed by atoms with E-state index in [0.717, 1.165) is 49.6 Å². The number of morpholine rings is 1. The van der Waals surface area contributed by atoms with E-state index in [2.05, 4.69) is 9.47 Å². The van der Waals surface area contributed by atoms with Gasteiger partial charge in [-0.3, -0.25) is 19.7 Å². The molecule has 2 amide bonds. The van der Waals surface area contributed by atoms with Crippen LogP contribution in [0.15, 0.2) is 42.5 Å². The molecule has 0 bridgehead atoms. The molecule has 3 aromatic rings. The van der Waals surface area contributed by atoms with Crippen molar-refractivity contribution in [3.8, 4) is 0 Å². The van der Waals surface area contributed by atoms with Crippen LogP contribution in [0.5, 0.6) is 0 Å². The van der Waals surface area contributed by atoms with Crippen molar-refractivity contribution in [3.05, 3.63) is 70.7 Å². The molecule has 3 heterocycles. The maximum Gasteiger partial charge on any atom is 0.274 e. The summed E-state index contributed by atoms with van der Waals surface area (Å²) in [6, 6.07) is 11.5. The Morgan fingerprint density at radius 3 is 2.56 bits per heavy atom. The number of nitrogens with one attached hydrogen (secondary N) is 1. The van der Waals surface area contributed by atoms with Gasteiger partial charge in [0.1, 0.15) is 5.82 Å². The highest BCUT2D eigenvalue weighted by molar-refractivity contribution is 6.09. The molecule has 1 fully saturated rings. The van der Waals surface area contributed by atoms with Crippen molar-refractivity contribution in [1.82, 2.24) is 19.8 Å². The van der Waals surface area contributed by atoms with Gasteiger partial charge in [-0.1, -0.05) is 12.1 Å². The molecule has 2 aliphatic heterocycles. The number of hydrogen-bond acceptors (Lipinski definition) is 5. The van der Waals surface area contributed by atoms with Crippen LogP contribution in [-0.2, 0) is 17.7 Å². The maximum absolute atomic E-state index is 14.2. The molecule has 0 saturated carbocycles. The lowest BCUT2D eigenvalue weighted by Crippen LogP contribution is -2.45. The van der Waals surface area contributed by atoms with Crippen molar-refractivity contribution in [3.63, 3.8) is 0 Å². The van der Waals surface area contributed by atoms with Crippen LogP contribution in [0.4, 0.5) is 4.39 Å². The van der Waals surface area contributed by atoms with Gasteiger partial charge in [-0.2, -0.15) is 0 Å². The Balaban J connectivity index is 1.43. The number of halogens is 1. The molecule has 2 aliphatic rings. The molecular formula is C25H27FN4O4. The number of fused-ring (bicyclic) bond motifs is 3. The molecule has 34 heavy (non-hydrogen) atoms. The van der Waals surface area contributed by atoms with Crippen LogP contribution in [0.1, 0.15) is 32.0 Å². The Morgan fingerprint density at radius 2 is 1.82 bits per heavy atom. The van der Waals surface area contributed by atoms with E-state index in [0.29, 0.717) is 42.6 Å². The quantitative estimate of drug-likeness (QED) is 0.430. The summed E-state index contributed by atoms with van der Waals surface area (Å²) >= 11 is 0. The fourth-order valence-corrected chi connectivity index (χ4v) is 4.87. The molecule has 0 atom stereocenters. The first kappa shape index (κ1) is 22.5. The summed E-state index contributed by atoms with van der Waals surface area (Å²) in [7, 11) is 0. The number of benzene rings is 2. The average Bonchev–Trinajstić information content (AvgIpc) is 3.17. The zero-order chi connectivity index (χ0) is 23.7. The lowest BCUT2D eigenvalue weighted by atomic mass is 10.0. The van der Waals surface area contributed by atoms with E-state index in [4.69, 9.17) is 9.94 Å². The Labute approximate surface area is 196 Å². The van der Waals surface area contributed by atoms with Gasteiger partial charge in [0.25, 0.3) is 11.8 Å². The highest BCUT2D eigenvalue weighted by Gasteiger charge is 2.31. The standard InChI is InChI=1S/C25H27FN4O4/c26-19-5-6-21-20(15-19)23-22(30(21)16-17-1-3-18(4-2-17)24(31)27-33)7-8-29(25(23)32)10-9-28-11-13-34-14-12-28/h1-6,15,33H,7-14,16H2,(H,27,31). The minimum Gasteiger partial charge on any atom is -0.379 e. The first-order valence-corrected chi connectivity index (χ1v) is 11.5. The van der Waals surface area contributed by atoms with Gasteiger partial charge in [0.2, 0.25) is 0 Å². The monoisotopic (exact) mass is 466 g/mol. The SMILES string of the molecule is O=C(NO)c1ccc(Cn2c3c(c4cc(F)ccc42)C(=O)N(CCN2CCOCC2)CC3)cc1. The molecular weight excluding hydrogens is 439 g/mol. The summed E-state index contributed by atoms with van der Waals surface area (Å²) in [5, 5.41) is 9.45. The normalized spacial score (nSPS) is 16.6. The Hall–Kier alpha value is -3.27. The molecule has 2 N–H and O–H groups in total. The minimum atomic E-state index is -0.575. The summed E-state index contributed by atoms with van der Waals surface area (Å²) in [5.41, 5.74) is 5.21. The van der Waals surface area contributed by atoms with Crippen LogP contribution in [0.3, 0.4) is 0 Å². The lowest BCUT2D eigenvalue weighted by molar-refractivity contribution is 0.0322. The van der Waals surface area contributed by atoms with E-state index >= 15 is 0 Å². The Bertz CT molecular complexity index is 1220. The first-order chi connectivity index (χ1) is 16.5. The smallest absolute Gasteiger partial charge is 0.274 e. The predicted octanol–water partition coefficient (Wildman–Crippen LogP) is 2.28. The summed E-state index contributed by atoms with van der Waals surface area (Å²) in [6.07, 6.45) is 0.686. The van der Waals surface area contributed by atoms with E-state index in [1.165, 1.54) is 12.1 Å². The van der Waals surface area contributed by atoms with Crippen molar-refractivity contribution in [1.29, 1.82) is 0 Å². The second-order valence-electron chi connectivity index (χ2n) is 8.70. The fourth-order valence-electron chi connectivity index (χ4n) is 4.87. The number of hydrogen-bond donors (Lipinski definition) is 2. The predicted molar refractivity (Wildman–Crippen MR) is 124 cm³/mol. The van der Waals surface area contributed by atoms with Gasteiger partial charge in [0.15, 0.2) is 0 Å². The number of aromatic nitrogens is 1. The maximum atomic E-state index is 14.2. The summed E-state index contributed by atoms with van der Waals surface area (Å²) in [5.74, 6) is -1.00. The molecule has 1 saturated heterocycles. The van der Waals surface area contributed by atoms with Crippen LogP contribution in [0, 0.1) is 5.82 Å². The van der Waals surface area contributed by atoms with Crippen LogP contribution < -0.4 is 5.48 Å². The third-order valence-corrected chi connectivity index (χ3v) is 6.70. The fraction of sp³-hybridized carbons (Fsp3) is 0.360. The van der Waals surface area contributed by atoms with Gasteiger partial charge in [-0.25, -0.2) is 9.87 Å². The number of rotatable bonds is 6. The van der Waals surface area contributed by atoms with Gasteiger partial charge in [0, 0.05) is 67.8 Å². The molecule has 2 aromatic carbocycles. The number of hydroxylamine groups is 1. The molecule has 8 nitrogen and oxygen atoms in total. The zero-order valence-corrected chi connectivity index (χ0v) is 18.8. The summed E-state index contributed by atoms with van der Waals surface area (Å²) in [6.45, 7) is 5.71. The molecule has 178 valence electrons. The van der Waals surface area contributed by atoms with Crippen LogP contribution >= 0.6 is 0 Å². The van der Waals surface area contributed by atoms with E-state index < -0.39 is 5.91 Å². The van der Waals surface area contributed by atoms with Crippen molar-refractivity contribution in [2.75, 3.05) is 45.9 Å². The molecule has 5 rings (SSSR count). The van der Waals surface area contributed by atoms with Crippen molar-refractivity contribution < 1.29 is 23.9 Å². The molecule has 0 radical (unpaired) electrons. The second-order valence-corrected chi connectivity index (χ2v) is 8.70. The van der Waals surface area contributed by atoms with Crippen molar-refractivity contribution in [2.45, 2.75) is 13.0 Å². The molecule has 9 heteroatoms. The lowest BCUT2D eigenvalue weighted by Gasteiger charge is -2.32. The molecule has 1 aromatic heterocycles. The minimum absolute atomic E-state index is 0.0566.